The molecule has 1 saturated carbocycles. The van der Waals surface area contributed by atoms with Crippen molar-refractivity contribution in [1.29, 1.82) is 0 Å². The Morgan fingerprint density at radius 2 is 2.09 bits per heavy atom. The number of nitrogens with zero attached hydrogens (tertiary/aromatic N) is 3. The van der Waals surface area contributed by atoms with Crippen LogP contribution in [0.4, 0.5) is 11.8 Å². The van der Waals surface area contributed by atoms with E-state index in [1.807, 2.05) is 12.3 Å². The summed E-state index contributed by atoms with van der Waals surface area (Å²) in [6.07, 6.45) is 10.1. The number of rotatable bonds is 4. The molecular formula is C17H27N5. The minimum absolute atomic E-state index is 0.661. The zero-order valence-electron chi connectivity index (χ0n) is 13.3. The van der Waals surface area contributed by atoms with Crippen LogP contribution >= 0.6 is 0 Å². The second-order valence-corrected chi connectivity index (χ2v) is 7.14. The quantitative estimate of drug-likeness (QED) is 0.893. The molecule has 1 aliphatic carbocycles. The Morgan fingerprint density at radius 1 is 1.18 bits per heavy atom. The first-order chi connectivity index (χ1) is 10.9. The zero-order valence-corrected chi connectivity index (χ0v) is 13.3. The average Bonchev–Trinajstić information content (AvgIpc) is 3.16. The summed E-state index contributed by atoms with van der Waals surface area (Å²) in [7, 11) is 0. The van der Waals surface area contributed by atoms with Crippen LogP contribution in [0.15, 0.2) is 12.3 Å². The van der Waals surface area contributed by atoms with Crippen molar-refractivity contribution in [2.75, 3.05) is 36.4 Å². The Bertz CT molecular complexity index is 488. The topological polar surface area (TPSA) is 53.1 Å². The maximum atomic E-state index is 4.74. The molecule has 3 fully saturated rings. The molecule has 0 radical (unpaired) electrons. The zero-order chi connectivity index (χ0) is 14.8. The Hall–Kier alpha value is -1.36. The predicted octanol–water partition coefficient (Wildman–Crippen LogP) is 2.27. The molecule has 22 heavy (non-hydrogen) atoms. The summed E-state index contributed by atoms with van der Waals surface area (Å²) >= 11 is 0. The van der Waals surface area contributed by atoms with Gasteiger partial charge in [-0.15, -0.1) is 0 Å². The van der Waals surface area contributed by atoms with E-state index in [-0.39, 0.29) is 0 Å². The smallest absolute Gasteiger partial charge is 0.224 e. The monoisotopic (exact) mass is 301 g/mol. The first-order valence-electron chi connectivity index (χ1n) is 8.94. The van der Waals surface area contributed by atoms with Crippen molar-refractivity contribution in [3.05, 3.63) is 12.3 Å². The van der Waals surface area contributed by atoms with E-state index in [1.165, 1.54) is 45.1 Å². The van der Waals surface area contributed by atoms with Crippen LogP contribution in [0.2, 0.25) is 0 Å². The van der Waals surface area contributed by atoms with E-state index in [0.717, 1.165) is 43.2 Å². The SMILES string of the molecule is c1cc(N2C[C@H]3CCN[C@H]3C2)nc(NCC2CCCCC2)n1. The number of aromatic nitrogens is 2. The van der Waals surface area contributed by atoms with Crippen molar-refractivity contribution in [1.82, 2.24) is 15.3 Å². The van der Waals surface area contributed by atoms with E-state index in [9.17, 15) is 0 Å². The molecule has 1 aromatic rings. The van der Waals surface area contributed by atoms with Gasteiger partial charge in [-0.25, -0.2) is 4.98 Å². The van der Waals surface area contributed by atoms with Crippen LogP contribution in [0.25, 0.3) is 0 Å². The number of hydrogen-bond donors (Lipinski definition) is 2. The van der Waals surface area contributed by atoms with Crippen LogP contribution < -0.4 is 15.5 Å². The van der Waals surface area contributed by atoms with Crippen molar-refractivity contribution in [2.24, 2.45) is 11.8 Å². The van der Waals surface area contributed by atoms with Crippen molar-refractivity contribution >= 4 is 11.8 Å². The minimum Gasteiger partial charge on any atom is -0.355 e. The highest BCUT2D eigenvalue weighted by Crippen LogP contribution is 2.28. The molecule has 120 valence electrons. The van der Waals surface area contributed by atoms with Crippen LogP contribution in [-0.4, -0.2) is 42.2 Å². The van der Waals surface area contributed by atoms with Gasteiger partial charge >= 0.3 is 0 Å². The van der Waals surface area contributed by atoms with Gasteiger partial charge in [0.25, 0.3) is 0 Å². The fraction of sp³-hybridized carbons (Fsp3) is 0.765. The third-order valence-corrected chi connectivity index (χ3v) is 5.60. The van der Waals surface area contributed by atoms with Crippen LogP contribution in [0.5, 0.6) is 0 Å². The van der Waals surface area contributed by atoms with Gasteiger partial charge in [0, 0.05) is 31.9 Å². The van der Waals surface area contributed by atoms with Crippen molar-refractivity contribution in [3.63, 3.8) is 0 Å². The first-order valence-corrected chi connectivity index (χ1v) is 8.94. The molecule has 0 spiro atoms. The molecule has 0 bridgehead atoms. The second kappa shape index (κ2) is 6.41. The maximum absolute atomic E-state index is 4.74. The van der Waals surface area contributed by atoms with Crippen LogP contribution in [0, 0.1) is 11.8 Å². The van der Waals surface area contributed by atoms with Crippen LogP contribution in [-0.2, 0) is 0 Å². The lowest BCUT2D eigenvalue weighted by atomic mass is 9.89. The van der Waals surface area contributed by atoms with Crippen molar-refractivity contribution in [3.8, 4) is 0 Å². The predicted molar refractivity (Wildman–Crippen MR) is 89.2 cm³/mol. The second-order valence-electron chi connectivity index (χ2n) is 7.14. The highest BCUT2D eigenvalue weighted by molar-refractivity contribution is 5.44. The van der Waals surface area contributed by atoms with Gasteiger partial charge < -0.3 is 15.5 Å². The van der Waals surface area contributed by atoms with Crippen molar-refractivity contribution < 1.29 is 0 Å². The summed E-state index contributed by atoms with van der Waals surface area (Å²) in [5.41, 5.74) is 0. The number of hydrogen-bond acceptors (Lipinski definition) is 5. The van der Waals surface area contributed by atoms with E-state index in [2.05, 4.69) is 20.5 Å². The average molecular weight is 301 g/mol. The lowest BCUT2D eigenvalue weighted by molar-refractivity contribution is 0.373. The highest BCUT2D eigenvalue weighted by atomic mass is 15.3. The fourth-order valence-electron chi connectivity index (χ4n) is 4.27. The molecule has 2 atom stereocenters. The lowest BCUT2D eigenvalue weighted by Crippen LogP contribution is -2.30. The van der Waals surface area contributed by atoms with E-state index < -0.39 is 0 Å². The van der Waals surface area contributed by atoms with Crippen molar-refractivity contribution in [2.45, 2.75) is 44.6 Å². The molecule has 5 heteroatoms. The van der Waals surface area contributed by atoms with E-state index in [1.54, 1.807) is 0 Å². The summed E-state index contributed by atoms with van der Waals surface area (Å²) in [5.74, 6) is 3.48. The van der Waals surface area contributed by atoms with Gasteiger partial charge in [-0.3, -0.25) is 0 Å². The Morgan fingerprint density at radius 3 is 2.95 bits per heavy atom. The number of nitrogens with one attached hydrogen (secondary N) is 2. The summed E-state index contributed by atoms with van der Waals surface area (Å²) < 4.78 is 0. The van der Waals surface area contributed by atoms with Gasteiger partial charge in [0.1, 0.15) is 5.82 Å². The molecule has 2 aliphatic heterocycles. The number of fused-ring (bicyclic) bond motifs is 1. The Balaban J connectivity index is 1.36. The largest absolute Gasteiger partial charge is 0.355 e. The number of anilines is 2. The summed E-state index contributed by atoms with van der Waals surface area (Å²) in [5, 5.41) is 7.06. The summed E-state index contributed by atoms with van der Waals surface area (Å²) in [4.78, 5) is 11.6. The van der Waals surface area contributed by atoms with E-state index >= 15 is 0 Å². The minimum atomic E-state index is 0.661. The normalized spacial score (nSPS) is 28.8. The molecule has 2 N–H and O–H groups in total. The summed E-state index contributed by atoms with van der Waals surface area (Å²) in [6, 6.07) is 2.71. The van der Waals surface area contributed by atoms with Gasteiger partial charge in [0.2, 0.25) is 5.95 Å². The molecule has 0 aromatic carbocycles. The molecule has 3 aliphatic rings. The van der Waals surface area contributed by atoms with E-state index in [0.29, 0.717) is 6.04 Å². The lowest BCUT2D eigenvalue weighted by Gasteiger charge is -2.22. The van der Waals surface area contributed by atoms with Gasteiger partial charge in [-0.2, -0.15) is 4.98 Å². The van der Waals surface area contributed by atoms with Crippen LogP contribution in [0.1, 0.15) is 38.5 Å². The van der Waals surface area contributed by atoms with Gasteiger partial charge in [-0.1, -0.05) is 19.3 Å². The fourth-order valence-corrected chi connectivity index (χ4v) is 4.27. The third kappa shape index (κ3) is 3.05. The summed E-state index contributed by atoms with van der Waals surface area (Å²) in [6.45, 7) is 4.43. The van der Waals surface area contributed by atoms with Gasteiger partial charge in [0.15, 0.2) is 0 Å². The molecule has 1 aromatic heterocycles. The van der Waals surface area contributed by atoms with Crippen LogP contribution in [0.3, 0.4) is 0 Å². The highest BCUT2D eigenvalue weighted by Gasteiger charge is 2.36. The Labute approximate surface area is 132 Å². The van der Waals surface area contributed by atoms with E-state index in [4.69, 9.17) is 4.98 Å². The van der Waals surface area contributed by atoms with Gasteiger partial charge in [0.05, 0.1) is 0 Å². The molecule has 4 rings (SSSR count). The molecule has 3 heterocycles. The molecule has 5 nitrogen and oxygen atoms in total. The maximum Gasteiger partial charge on any atom is 0.224 e. The van der Waals surface area contributed by atoms with Gasteiger partial charge in [-0.05, 0) is 43.7 Å². The first kappa shape index (κ1) is 14.2. The molecule has 0 amide bonds. The Kier molecular flexibility index (Phi) is 4.15. The standard InChI is InChI=1S/C17H27N5/c1-2-4-13(5-3-1)10-20-17-19-9-7-16(21-17)22-11-14-6-8-18-15(14)12-22/h7,9,13-15,18H,1-6,8,10-12H2,(H,19,20,21)/t14-,15+/m1/s1. The molecular weight excluding hydrogens is 274 g/mol. The third-order valence-electron chi connectivity index (χ3n) is 5.60. The molecule has 0 unspecified atom stereocenters. The molecule has 2 saturated heterocycles.